The minimum absolute atomic E-state index is 0.0174. The largest absolute Gasteiger partial charge is 0.391 e. The lowest BCUT2D eigenvalue weighted by atomic mass is 10.0. The Balaban J connectivity index is 1.84. The van der Waals surface area contributed by atoms with E-state index in [4.69, 9.17) is 0 Å². The number of carbonyl (C=O) groups excluding carboxylic acids is 2. The highest BCUT2D eigenvalue weighted by Crippen LogP contribution is 2.29. The highest BCUT2D eigenvalue weighted by molar-refractivity contribution is 7.07. The van der Waals surface area contributed by atoms with Crippen LogP contribution in [-0.4, -0.2) is 35.6 Å². The highest BCUT2D eigenvalue weighted by atomic mass is 32.1. The highest BCUT2D eigenvalue weighted by Gasteiger charge is 2.34. The fraction of sp³-hybridized carbons (Fsp3) is 0.600. The molecule has 2 amide bonds. The Morgan fingerprint density at radius 3 is 2.67 bits per heavy atom. The fourth-order valence-electron chi connectivity index (χ4n) is 2.06. The van der Waals surface area contributed by atoms with Crippen molar-refractivity contribution in [2.24, 2.45) is 5.92 Å². The second kappa shape index (κ2) is 7.04. The Hall–Kier alpha value is -1.40. The molecule has 5 nitrogen and oxygen atoms in total. The molecule has 0 spiro atoms. The second-order valence-corrected chi connectivity index (χ2v) is 6.48. The summed E-state index contributed by atoms with van der Waals surface area (Å²) in [5.41, 5.74) is 1.18. The predicted octanol–water partition coefficient (Wildman–Crippen LogP) is 1.24. The quantitative estimate of drug-likeness (QED) is 0.709. The van der Waals surface area contributed by atoms with Crippen LogP contribution in [0.4, 0.5) is 0 Å². The molecule has 1 aromatic rings. The van der Waals surface area contributed by atoms with E-state index in [0.717, 1.165) is 12.8 Å². The Morgan fingerprint density at radius 2 is 2.14 bits per heavy atom. The van der Waals surface area contributed by atoms with Gasteiger partial charge in [-0.15, -0.1) is 0 Å². The molecule has 6 heteroatoms. The first-order chi connectivity index (χ1) is 9.99. The minimum atomic E-state index is -0.913. The minimum Gasteiger partial charge on any atom is -0.391 e. The zero-order valence-electron chi connectivity index (χ0n) is 12.3. The molecule has 1 heterocycles. The number of hydrogen-bond donors (Lipinski definition) is 3. The topological polar surface area (TPSA) is 78.4 Å². The summed E-state index contributed by atoms with van der Waals surface area (Å²) in [6.07, 6.45) is 0.828. The van der Waals surface area contributed by atoms with E-state index in [9.17, 15) is 14.7 Å². The van der Waals surface area contributed by atoms with Gasteiger partial charge in [0, 0.05) is 12.5 Å². The van der Waals surface area contributed by atoms with Crippen molar-refractivity contribution in [3.63, 3.8) is 0 Å². The molecule has 1 aromatic heterocycles. The summed E-state index contributed by atoms with van der Waals surface area (Å²) in [5.74, 6) is -0.249. The van der Waals surface area contributed by atoms with Gasteiger partial charge in [-0.3, -0.25) is 9.59 Å². The Bertz CT molecular complexity index is 483. The van der Waals surface area contributed by atoms with Crippen LogP contribution >= 0.6 is 11.3 Å². The number of thiophene rings is 1. The summed E-state index contributed by atoms with van der Waals surface area (Å²) >= 11 is 1.62. The molecule has 0 aliphatic heterocycles. The summed E-state index contributed by atoms with van der Waals surface area (Å²) in [4.78, 5) is 23.9. The Kier molecular flexibility index (Phi) is 5.36. The van der Waals surface area contributed by atoms with Crippen molar-refractivity contribution in [1.29, 1.82) is 0 Å². The third-order valence-electron chi connectivity index (χ3n) is 3.71. The van der Waals surface area contributed by atoms with E-state index in [-0.39, 0.29) is 23.7 Å². The third kappa shape index (κ3) is 4.54. The standard InChI is InChI=1S/C15H22N2O3S/c1-9(12-5-6-21-8-12)7-16-15(20)13(10(2)18)17-14(19)11-3-4-11/h5-6,8-11,13,18H,3-4,7H2,1-2H3,(H,16,20)(H,17,19). The number of hydrogen-bond acceptors (Lipinski definition) is 4. The van der Waals surface area contributed by atoms with Gasteiger partial charge in [0.05, 0.1) is 6.10 Å². The smallest absolute Gasteiger partial charge is 0.245 e. The van der Waals surface area contributed by atoms with Crippen molar-refractivity contribution in [2.45, 2.75) is 44.8 Å². The zero-order valence-corrected chi connectivity index (χ0v) is 13.2. The molecule has 0 radical (unpaired) electrons. The first-order valence-electron chi connectivity index (χ1n) is 7.27. The molecule has 3 N–H and O–H groups in total. The van der Waals surface area contributed by atoms with Crippen molar-refractivity contribution in [3.8, 4) is 0 Å². The maximum absolute atomic E-state index is 12.2. The first-order valence-corrected chi connectivity index (χ1v) is 8.21. The van der Waals surface area contributed by atoms with Crippen LogP contribution < -0.4 is 10.6 Å². The van der Waals surface area contributed by atoms with Crippen LogP contribution in [-0.2, 0) is 9.59 Å². The van der Waals surface area contributed by atoms with E-state index in [1.165, 1.54) is 12.5 Å². The van der Waals surface area contributed by atoms with Crippen molar-refractivity contribution >= 4 is 23.2 Å². The number of rotatable bonds is 7. The van der Waals surface area contributed by atoms with Crippen molar-refractivity contribution in [1.82, 2.24) is 10.6 Å². The predicted molar refractivity (Wildman–Crippen MR) is 82.1 cm³/mol. The van der Waals surface area contributed by atoms with Gasteiger partial charge in [0.25, 0.3) is 0 Å². The molecule has 3 atom stereocenters. The molecule has 1 aliphatic carbocycles. The molecule has 3 unspecified atom stereocenters. The van der Waals surface area contributed by atoms with E-state index in [2.05, 4.69) is 16.0 Å². The van der Waals surface area contributed by atoms with Crippen LogP contribution in [0.1, 0.15) is 38.2 Å². The van der Waals surface area contributed by atoms with Crippen LogP contribution in [0.5, 0.6) is 0 Å². The van der Waals surface area contributed by atoms with Gasteiger partial charge in [0.15, 0.2) is 0 Å². The normalized spacial score (nSPS) is 18.6. The molecule has 2 rings (SSSR count). The van der Waals surface area contributed by atoms with Gasteiger partial charge in [-0.05, 0) is 48.1 Å². The molecule has 0 bridgehead atoms. The van der Waals surface area contributed by atoms with Crippen LogP contribution in [0.3, 0.4) is 0 Å². The van der Waals surface area contributed by atoms with Gasteiger partial charge in [0.1, 0.15) is 6.04 Å². The van der Waals surface area contributed by atoms with Gasteiger partial charge in [-0.2, -0.15) is 11.3 Å². The number of aliphatic hydroxyl groups excluding tert-OH is 1. The monoisotopic (exact) mass is 310 g/mol. The summed E-state index contributed by atoms with van der Waals surface area (Å²) in [6, 6.07) is 1.15. The van der Waals surface area contributed by atoms with E-state index in [0.29, 0.717) is 6.54 Å². The maximum Gasteiger partial charge on any atom is 0.245 e. The average molecular weight is 310 g/mol. The van der Waals surface area contributed by atoms with Crippen molar-refractivity contribution in [3.05, 3.63) is 22.4 Å². The molecular formula is C15H22N2O3S. The lowest BCUT2D eigenvalue weighted by molar-refractivity contribution is -0.132. The van der Waals surface area contributed by atoms with Crippen LogP contribution in [0.15, 0.2) is 16.8 Å². The Labute approximate surface area is 128 Å². The molecule has 21 heavy (non-hydrogen) atoms. The SMILES string of the molecule is CC(CNC(=O)C(NC(=O)C1CC1)C(C)O)c1ccsc1. The molecule has 0 saturated heterocycles. The van der Waals surface area contributed by atoms with Crippen LogP contribution in [0, 0.1) is 5.92 Å². The van der Waals surface area contributed by atoms with E-state index in [1.807, 2.05) is 18.4 Å². The zero-order chi connectivity index (χ0) is 15.4. The number of amides is 2. The van der Waals surface area contributed by atoms with Gasteiger partial charge in [0.2, 0.25) is 11.8 Å². The van der Waals surface area contributed by atoms with Gasteiger partial charge in [-0.25, -0.2) is 0 Å². The van der Waals surface area contributed by atoms with E-state index >= 15 is 0 Å². The molecule has 0 aromatic carbocycles. The number of aliphatic hydroxyl groups is 1. The number of carbonyl (C=O) groups is 2. The molecule has 1 aliphatic rings. The first kappa shape index (κ1) is 16.0. The molecular weight excluding hydrogens is 288 g/mol. The molecule has 116 valence electrons. The van der Waals surface area contributed by atoms with Crippen LogP contribution in [0.2, 0.25) is 0 Å². The number of nitrogens with one attached hydrogen (secondary N) is 2. The summed E-state index contributed by atoms with van der Waals surface area (Å²) in [5, 5.41) is 19.2. The summed E-state index contributed by atoms with van der Waals surface area (Å²) < 4.78 is 0. The van der Waals surface area contributed by atoms with Crippen molar-refractivity contribution in [2.75, 3.05) is 6.54 Å². The molecule has 1 fully saturated rings. The maximum atomic E-state index is 12.2. The van der Waals surface area contributed by atoms with Gasteiger partial charge in [-0.1, -0.05) is 6.92 Å². The van der Waals surface area contributed by atoms with E-state index in [1.54, 1.807) is 11.3 Å². The van der Waals surface area contributed by atoms with Gasteiger partial charge >= 0.3 is 0 Å². The average Bonchev–Trinajstić information content (AvgIpc) is 3.16. The lowest BCUT2D eigenvalue weighted by Crippen LogP contribution is -2.53. The molecule has 1 saturated carbocycles. The Morgan fingerprint density at radius 1 is 1.43 bits per heavy atom. The second-order valence-electron chi connectivity index (χ2n) is 5.70. The summed E-state index contributed by atoms with van der Waals surface area (Å²) in [6.45, 7) is 4.03. The fourth-order valence-corrected chi connectivity index (χ4v) is 2.84. The summed E-state index contributed by atoms with van der Waals surface area (Å²) in [7, 11) is 0. The van der Waals surface area contributed by atoms with Gasteiger partial charge < -0.3 is 15.7 Å². The van der Waals surface area contributed by atoms with E-state index < -0.39 is 12.1 Å². The van der Waals surface area contributed by atoms with Crippen molar-refractivity contribution < 1.29 is 14.7 Å². The van der Waals surface area contributed by atoms with Crippen LogP contribution in [0.25, 0.3) is 0 Å². The lowest BCUT2D eigenvalue weighted by Gasteiger charge is -2.22. The third-order valence-corrected chi connectivity index (χ3v) is 4.41.